The lowest BCUT2D eigenvalue weighted by Gasteiger charge is -2.15. The molecule has 2 aromatic heterocycles. The molecule has 5 nitrogen and oxygen atoms in total. The Hall–Kier alpha value is -1.60. The summed E-state index contributed by atoms with van der Waals surface area (Å²) in [7, 11) is 0. The lowest BCUT2D eigenvalue weighted by atomic mass is 9.97. The second kappa shape index (κ2) is 7.74. The fraction of sp³-hybridized carbons (Fsp3) is 0.500. The van der Waals surface area contributed by atoms with E-state index in [-0.39, 0.29) is 16.7 Å². The lowest BCUT2D eigenvalue weighted by molar-refractivity contribution is -0.120. The normalized spacial score (nSPS) is 15.0. The number of hydrogen-bond donors (Lipinski definition) is 1. The number of aromatic nitrogens is 2. The predicted molar refractivity (Wildman–Crippen MR) is 105 cm³/mol. The standard InChI is InChI=1S/C18H23N3O2S2/c1-4-10-19-15(22)11(3)24-18-20-16-14(17(23)21(18)5-2)12-8-6-7-9-13(12)25-16/h4,11H,1,5-10H2,2-3H3,(H,19,22)/t11-/m1/s1. The summed E-state index contributed by atoms with van der Waals surface area (Å²) < 4.78 is 1.70. The van der Waals surface area contributed by atoms with Crippen LogP contribution in [-0.2, 0) is 24.2 Å². The van der Waals surface area contributed by atoms with Gasteiger partial charge in [-0.3, -0.25) is 14.2 Å². The van der Waals surface area contributed by atoms with Crippen LogP contribution < -0.4 is 10.9 Å². The topological polar surface area (TPSA) is 64.0 Å². The second-order valence-electron chi connectivity index (χ2n) is 6.13. The van der Waals surface area contributed by atoms with Gasteiger partial charge in [0, 0.05) is 18.0 Å². The predicted octanol–water partition coefficient (Wildman–Crippen LogP) is 3.14. The first-order valence-corrected chi connectivity index (χ1v) is 10.4. The average molecular weight is 378 g/mol. The van der Waals surface area contributed by atoms with E-state index in [2.05, 4.69) is 11.9 Å². The molecule has 2 aromatic rings. The van der Waals surface area contributed by atoms with Crippen LogP contribution in [0.1, 0.15) is 37.1 Å². The van der Waals surface area contributed by atoms with Gasteiger partial charge in [-0.15, -0.1) is 17.9 Å². The number of thioether (sulfide) groups is 1. The van der Waals surface area contributed by atoms with E-state index in [4.69, 9.17) is 4.98 Å². The van der Waals surface area contributed by atoms with Crippen LogP contribution in [0.5, 0.6) is 0 Å². The van der Waals surface area contributed by atoms with E-state index in [1.54, 1.807) is 22.0 Å². The molecule has 1 atom stereocenters. The van der Waals surface area contributed by atoms with Gasteiger partial charge in [0.05, 0.1) is 10.6 Å². The first-order chi connectivity index (χ1) is 12.1. The number of nitrogens with zero attached hydrogens (tertiary/aromatic N) is 2. The molecule has 0 unspecified atom stereocenters. The highest BCUT2D eigenvalue weighted by atomic mass is 32.2. The fourth-order valence-electron chi connectivity index (χ4n) is 3.12. The van der Waals surface area contributed by atoms with Crippen LogP contribution in [0.25, 0.3) is 10.2 Å². The minimum absolute atomic E-state index is 0.0353. The number of carbonyl (C=O) groups is 1. The van der Waals surface area contributed by atoms with Crippen molar-refractivity contribution in [2.45, 2.75) is 56.5 Å². The molecule has 1 N–H and O–H groups in total. The number of rotatable bonds is 6. The van der Waals surface area contributed by atoms with E-state index >= 15 is 0 Å². The number of carbonyl (C=O) groups excluding carboxylic acids is 1. The zero-order chi connectivity index (χ0) is 18.0. The third kappa shape index (κ3) is 3.53. The number of aryl methyl sites for hydroxylation is 2. The number of hydrogen-bond acceptors (Lipinski definition) is 5. The third-order valence-corrected chi connectivity index (χ3v) is 6.70. The summed E-state index contributed by atoms with van der Waals surface area (Å²) in [5.74, 6) is -0.0765. The first-order valence-electron chi connectivity index (χ1n) is 8.67. The summed E-state index contributed by atoms with van der Waals surface area (Å²) >= 11 is 2.99. The highest BCUT2D eigenvalue weighted by molar-refractivity contribution is 8.00. The van der Waals surface area contributed by atoms with Gasteiger partial charge in [0.2, 0.25) is 5.91 Å². The molecule has 0 saturated carbocycles. The van der Waals surface area contributed by atoms with Crippen LogP contribution in [0, 0.1) is 0 Å². The smallest absolute Gasteiger partial charge is 0.263 e. The Bertz CT molecular complexity index is 869. The Kier molecular flexibility index (Phi) is 5.64. The first kappa shape index (κ1) is 18.2. The molecule has 0 fully saturated rings. The van der Waals surface area contributed by atoms with Gasteiger partial charge in [0.15, 0.2) is 5.16 Å². The van der Waals surface area contributed by atoms with Crippen molar-refractivity contribution in [3.63, 3.8) is 0 Å². The fourth-order valence-corrected chi connectivity index (χ4v) is 5.42. The van der Waals surface area contributed by atoms with Gasteiger partial charge >= 0.3 is 0 Å². The van der Waals surface area contributed by atoms with Gasteiger partial charge in [-0.05, 0) is 45.1 Å². The quantitative estimate of drug-likeness (QED) is 0.477. The Morgan fingerprint density at radius 1 is 1.48 bits per heavy atom. The Labute approximate surface area is 155 Å². The van der Waals surface area contributed by atoms with Gasteiger partial charge < -0.3 is 5.32 Å². The summed E-state index contributed by atoms with van der Waals surface area (Å²) in [4.78, 5) is 32.1. The monoisotopic (exact) mass is 377 g/mol. The van der Waals surface area contributed by atoms with E-state index in [1.165, 1.54) is 28.6 Å². The van der Waals surface area contributed by atoms with Crippen LogP contribution in [0.15, 0.2) is 22.6 Å². The van der Waals surface area contributed by atoms with E-state index in [1.807, 2.05) is 13.8 Å². The van der Waals surface area contributed by atoms with Gasteiger partial charge in [0.25, 0.3) is 5.56 Å². The minimum Gasteiger partial charge on any atom is -0.352 e. The van der Waals surface area contributed by atoms with E-state index in [9.17, 15) is 9.59 Å². The lowest BCUT2D eigenvalue weighted by Crippen LogP contribution is -2.32. The molecule has 0 saturated heterocycles. The van der Waals surface area contributed by atoms with Crippen molar-refractivity contribution < 1.29 is 4.79 Å². The zero-order valence-electron chi connectivity index (χ0n) is 14.6. The number of amides is 1. The molecule has 0 radical (unpaired) electrons. The van der Waals surface area contributed by atoms with Crippen LogP contribution in [0.2, 0.25) is 0 Å². The molecule has 0 aliphatic heterocycles. The average Bonchev–Trinajstić information content (AvgIpc) is 2.98. The summed E-state index contributed by atoms with van der Waals surface area (Å²) in [5.41, 5.74) is 1.24. The molecule has 25 heavy (non-hydrogen) atoms. The van der Waals surface area contributed by atoms with E-state index in [0.29, 0.717) is 18.2 Å². The Balaban J connectivity index is 1.99. The van der Waals surface area contributed by atoms with Gasteiger partial charge in [-0.25, -0.2) is 4.98 Å². The summed E-state index contributed by atoms with van der Waals surface area (Å²) in [6.45, 7) is 8.37. The SMILES string of the molecule is C=CCNC(=O)[C@@H](C)Sc1nc2sc3c(c2c(=O)n1CC)CCCC3. The second-order valence-corrected chi connectivity index (χ2v) is 8.52. The molecule has 1 aliphatic rings. The minimum atomic E-state index is -0.323. The molecule has 0 spiro atoms. The molecule has 1 aliphatic carbocycles. The van der Waals surface area contributed by atoms with Crippen molar-refractivity contribution >= 4 is 39.2 Å². The molecule has 3 rings (SSSR count). The van der Waals surface area contributed by atoms with Crippen LogP contribution in [0.4, 0.5) is 0 Å². The molecule has 7 heteroatoms. The molecule has 134 valence electrons. The molecular formula is C18H23N3O2S2. The highest BCUT2D eigenvalue weighted by Gasteiger charge is 2.23. The Morgan fingerprint density at radius 2 is 2.24 bits per heavy atom. The van der Waals surface area contributed by atoms with Crippen LogP contribution in [-0.4, -0.2) is 27.3 Å². The molecule has 2 heterocycles. The highest BCUT2D eigenvalue weighted by Crippen LogP contribution is 2.35. The largest absolute Gasteiger partial charge is 0.352 e. The van der Waals surface area contributed by atoms with Gasteiger partial charge in [-0.1, -0.05) is 17.8 Å². The molecule has 1 amide bonds. The maximum atomic E-state index is 13.0. The number of fused-ring (bicyclic) bond motifs is 3. The summed E-state index contributed by atoms with van der Waals surface area (Å²) in [6.07, 6.45) is 6.00. The molecule has 0 bridgehead atoms. The maximum absolute atomic E-state index is 13.0. The van der Waals surface area contributed by atoms with Crippen LogP contribution >= 0.6 is 23.1 Å². The molecular weight excluding hydrogens is 354 g/mol. The number of nitrogens with one attached hydrogen (secondary N) is 1. The zero-order valence-corrected chi connectivity index (χ0v) is 16.3. The van der Waals surface area contributed by atoms with Crippen molar-refractivity contribution in [1.29, 1.82) is 0 Å². The van der Waals surface area contributed by atoms with Gasteiger partial charge in [0.1, 0.15) is 4.83 Å². The maximum Gasteiger partial charge on any atom is 0.263 e. The van der Waals surface area contributed by atoms with E-state index in [0.717, 1.165) is 29.5 Å². The number of thiophene rings is 1. The van der Waals surface area contributed by atoms with Crippen LogP contribution in [0.3, 0.4) is 0 Å². The van der Waals surface area contributed by atoms with Gasteiger partial charge in [-0.2, -0.15) is 0 Å². The van der Waals surface area contributed by atoms with E-state index < -0.39 is 0 Å². The Morgan fingerprint density at radius 3 is 2.96 bits per heavy atom. The summed E-state index contributed by atoms with van der Waals surface area (Å²) in [6, 6.07) is 0. The van der Waals surface area contributed by atoms with Crippen molar-refractivity contribution in [1.82, 2.24) is 14.9 Å². The third-order valence-electron chi connectivity index (χ3n) is 4.43. The van der Waals surface area contributed by atoms with Crippen molar-refractivity contribution in [2.24, 2.45) is 0 Å². The summed E-state index contributed by atoms with van der Waals surface area (Å²) in [5, 5.41) is 3.89. The van der Waals surface area contributed by atoms with Crippen molar-refractivity contribution in [3.8, 4) is 0 Å². The molecule has 0 aromatic carbocycles. The van der Waals surface area contributed by atoms with Crippen molar-refractivity contribution in [2.75, 3.05) is 6.54 Å². The van der Waals surface area contributed by atoms with Crippen molar-refractivity contribution in [3.05, 3.63) is 33.4 Å².